The average molecular weight is 291 g/mol. The van der Waals surface area contributed by atoms with E-state index in [0.717, 1.165) is 35.3 Å². The highest BCUT2D eigenvalue weighted by molar-refractivity contribution is 6.18. The summed E-state index contributed by atoms with van der Waals surface area (Å²) in [6.07, 6.45) is 1.77. The second-order valence-corrected chi connectivity index (χ2v) is 5.24. The van der Waals surface area contributed by atoms with Gasteiger partial charge >= 0.3 is 0 Å². The number of H-pyrrole nitrogens is 1. The standard InChI is InChI=1S/C18H17N3O/c1-12(18(19)22)14-8-9-15-16(11-14)21-17(20-15)10-7-13-5-3-2-4-6-13/h2-6,8-9,11H,1,7,10H2,(H2,19,22)(H,20,21). The van der Waals surface area contributed by atoms with Crippen molar-refractivity contribution in [1.82, 2.24) is 9.97 Å². The SMILES string of the molecule is C=C(C(N)=O)c1ccc2nc(CCc3ccccc3)[nH]c2c1. The number of benzene rings is 2. The largest absolute Gasteiger partial charge is 0.366 e. The van der Waals surface area contributed by atoms with Gasteiger partial charge in [-0.1, -0.05) is 43.0 Å². The molecule has 0 spiro atoms. The van der Waals surface area contributed by atoms with Crippen LogP contribution >= 0.6 is 0 Å². The first-order valence-corrected chi connectivity index (χ1v) is 7.15. The van der Waals surface area contributed by atoms with Crippen molar-refractivity contribution in [2.45, 2.75) is 12.8 Å². The van der Waals surface area contributed by atoms with Gasteiger partial charge in [-0.25, -0.2) is 4.98 Å². The molecule has 110 valence electrons. The Morgan fingerprint density at radius 1 is 1.14 bits per heavy atom. The summed E-state index contributed by atoms with van der Waals surface area (Å²) < 4.78 is 0. The molecule has 0 aliphatic carbocycles. The fourth-order valence-corrected chi connectivity index (χ4v) is 2.42. The third-order valence-corrected chi connectivity index (χ3v) is 3.67. The Morgan fingerprint density at radius 3 is 2.64 bits per heavy atom. The predicted octanol–water partition coefficient (Wildman–Crippen LogP) is 2.85. The van der Waals surface area contributed by atoms with Crippen molar-refractivity contribution in [2.75, 3.05) is 0 Å². The van der Waals surface area contributed by atoms with Gasteiger partial charge in [-0.3, -0.25) is 4.79 Å². The lowest BCUT2D eigenvalue weighted by Gasteiger charge is -2.00. The minimum atomic E-state index is -0.511. The maximum Gasteiger partial charge on any atom is 0.248 e. The molecule has 0 aliphatic rings. The minimum Gasteiger partial charge on any atom is -0.366 e. The lowest BCUT2D eigenvalue weighted by atomic mass is 10.1. The molecule has 2 aromatic carbocycles. The molecular formula is C18H17N3O. The number of hydrogen-bond donors (Lipinski definition) is 2. The van der Waals surface area contributed by atoms with E-state index in [0.29, 0.717) is 5.57 Å². The third-order valence-electron chi connectivity index (χ3n) is 3.67. The third kappa shape index (κ3) is 2.91. The van der Waals surface area contributed by atoms with Crippen LogP contribution in [-0.4, -0.2) is 15.9 Å². The highest BCUT2D eigenvalue weighted by atomic mass is 16.1. The number of amides is 1. The van der Waals surface area contributed by atoms with Crippen LogP contribution < -0.4 is 5.73 Å². The number of rotatable bonds is 5. The number of fused-ring (bicyclic) bond motifs is 1. The highest BCUT2D eigenvalue weighted by Crippen LogP contribution is 2.19. The van der Waals surface area contributed by atoms with Crippen molar-refractivity contribution in [1.29, 1.82) is 0 Å². The number of aryl methyl sites for hydroxylation is 2. The normalized spacial score (nSPS) is 10.7. The number of carbonyl (C=O) groups excluding carboxylic acids is 1. The molecule has 4 nitrogen and oxygen atoms in total. The van der Waals surface area contributed by atoms with Crippen LogP contribution in [-0.2, 0) is 17.6 Å². The first-order chi connectivity index (χ1) is 10.6. The van der Waals surface area contributed by atoms with Gasteiger partial charge in [0.1, 0.15) is 5.82 Å². The van der Waals surface area contributed by atoms with Crippen LogP contribution in [0.3, 0.4) is 0 Å². The second kappa shape index (κ2) is 5.85. The Hall–Kier alpha value is -2.88. The molecule has 1 amide bonds. The van der Waals surface area contributed by atoms with Gasteiger partial charge in [0.2, 0.25) is 5.91 Å². The summed E-state index contributed by atoms with van der Waals surface area (Å²) in [4.78, 5) is 19.1. The molecule has 0 radical (unpaired) electrons. The van der Waals surface area contributed by atoms with E-state index in [9.17, 15) is 4.79 Å². The molecule has 1 aromatic heterocycles. The van der Waals surface area contributed by atoms with E-state index in [-0.39, 0.29) is 0 Å². The molecule has 1 heterocycles. The van der Waals surface area contributed by atoms with E-state index in [2.05, 4.69) is 28.7 Å². The topological polar surface area (TPSA) is 71.8 Å². The molecule has 0 unspecified atom stereocenters. The van der Waals surface area contributed by atoms with E-state index in [4.69, 9.17) is 5.73 Å². The lowest BCUT2D eigenvalue weighted by Crippen LogP contribution is -2.11. The van der Waals surface area contributed by atoms with Gasteiger partial charge in [0.05, 0.1) is 11.0 Å². The first kappa shape index (κ1) is 14.1. The van der Waals surface area contributed by atoms with E-state index in [1.165, 1.54) is 5.56 Å². The summed E-state index contributed by atoms with van der Waals surface area (Å²) in [5, 5.41) is 0. The number of carbonyl (C=O) groups is 1. The second-order valence-electron chi connectivity index (χ2n) is 5.24. The van der Waals surface area contributed by atoms with E-state index in [1.807, 2.05) is 36.4 Å². The quantitative estimate of drug-likeness (QED) is 0.709. The number of nitrogens with one attached hydrogen (secondary N) is 1. The van der Waals surface area contributed by atoms with Crippen molar-refractivity contribution in [2.24, 2.45) is 5.73 Å². The highest BCUT2D eigenvalue weighted by Gasteiger charge is 2.08. The van der Waals surface area contributed by atoms with Gasteiger partial charge in [-0.05, 0) is 29.7 Å². The molecular weight excluding hydrogens is 274 g/mol. The number of aromatic nitrogens is 2. The van der Waals surface area contributed by atoms with Gasteiger partial charge in [-0.2, -0.15) is 0 Å². The maximum atomic E-state index is 11.2. The van der Waals surface area contributed by atoms with Crippen LogP contribution in [0.4, 0.5) is 0 Å². The van der Waals surface area contributed by atoms with Crippen LogP contribution in [0.2, 0.25) is 0 Å². The van der Waals surface area contributed by atoms with Gasteiger partial charge < -0.3 is 10.7 Å². The van der Waals surface area contributed by atoms with Gasteiger partial charge in [0, 0.05) is 12.0 Å². The summed E-state index contributed by atoms with van der Waals surface area (Å²) in [5.41, 5.74) is 9.35. The van der Waals surface area contributed by atoms with Crippen LogP contribution in [0.25, 0.3) is 16.6 Å². The smallest absolute Gasteiger partial charge is 0.248 e. The fraction of sp³-hybridized carbons (Fsp3) is 0.111. The maximum absolute atomic E-state index is 11.2. The number of nitrogens with zero attached hydrogens (tertiary/aromatic N) is 1. The molecule has 0 aliphatic heterocycles. The molecule has 3 rings (SSSR count). The van der Waals surface area contributed by atoms with Crippen LogP contribution in [0, 0.1) is 0 Å². The summed E-state index contributed by atoms with van der Waals surface area (Å²) in [7, 11) is 0. The average Bonchev–Trinajstić information content (AvgIpc) is 2.95. The van der Waals surface area contributed by atoms with Crippen molar-refractivity contribution >= 4 is 22.5 Å². The summed E-state index contributed by atoms with van der Waals surface area (Å²) in [5.74, 6) is 0.420. The monoisotopic (exact) mass is 291 g/mol. The molecule has 0 saturated heterocycles. The Kier molecular flexibility index (Phi) is 3.74. The van der Waals surface area contributed by atoms with E-state index in [1.54, 1.807) is 0 Å². The van der Waals surface area contributed by atoms with Gasteiger partial charge in [-0.15, -0.1) is 0 Å². The van der Waals surface area contributed by atoms with Crippen molar-refractivity contribution in [3.8, 4) is 0 Å². The number of nitrogens with two attached hydrogens (primary N) is 1. The molecule has 0 atom stereocenters. The van der Waals surface area contributed by atoms with Gasteiger partial charge in [0.25, 0.3) is 0 Å². The number of aromatic amines is 1. The fourth-order valence-electron chi connectivity index (χ4n) is 2.42. The predicted molar refractivity (Wildman–Crippen MR) is 88.2 cm³/mol. The van der Waals surface area contributed by atoms with Crippen LogP contribution in [0.15, 0.2) is 55.1 Å². The Labute approximate surface area is 128 Å². The molecule has 0 bridgehead atoms. The van der Waals surface area contributed by atoms with Crippen LogP contribution in [0.1, 0.15) is 17.0 Å². The van der Waals surface area contributed by atoms with Crippen molar-refractivity contribution in [3.63, 3.8) is 0 Å². The zero-order valence-corrected chi connectivity index (χ0v) is 12.2. The first-order valence-electron chi connectivity index (χ1n) is 7.15. The number of primary amides is 1. The molecule has 3 aromatic rings. The number of hydrogen-bond acceptors (Lipinski definition) is 2. The molecule has 0 fully saturated rings. The molecule has 4 heteroatoms. The number of imidazole rings is 1. The minimum absolute atomic E-state index is 0.308. The van der Waals surface area contributed by atoms with E-state index >= 15 is 0 Å². The molecule has 0 saturated carbocycles. The van der Waals surface area contributed by atoms with E-state index < -0.39 is 5.91 Å². The van der Waals surface area contributed by atoms with Gasteiger partial charge in [0.15, 0.2) is 0 Å². The van der Waals surface area contributed by atoms with Crippen molar-refractivity contribution in [3.05, 3.63) is 72.1 Å². The molecule has 22 heavy (non-hydrogen) atoms. The summed E-state index contributed by atoms with van der Waals surface area (Å²) in [6.45, 7) is 3.71. The van der Waals surface area contributed by atoms with Crippen LogP contribution in [0.5, 0.6) is 0 Å². The zero-order valence-electron chi connectivity index (χ0n) is 12.2. The Bertz CT molecular complexity index is 834. The molecule has 3 N–H and O–H groups in total. The summed E-state index contributed by atoms with van der Waals surface area (Å²) in [6, 6.07) is 15.9. The Morgan fingerprint density at radius 2 is 1.91 bits per heavy atom. The van der Waals surface area contributed by atoms with Crippen molar-refractivity contribution < 1.29 is 4.79 Å². The zero-order chi connectivity index (χ0) is 15.5. The lowest BCUT2D eigenvalue weighted by molar-refractivity contribution is -0.112. The summed E-state index contributed by atoms with van der Waals surface area (Å²) >= 11 is 0. The Balaban J connectivity index is 1.81.